The van der Waals surface area contributed by atoms with E-state index in [9.17, 15) is 27.7 Å². The van der Waals surface area contributed by atoms with Crippen LogP contribution < -0.4 is 5.32 Å². The summed E-state index contributed by atoms with van der Waals surface area (Å²) in [6, 6.07) is 5.07. The summed E-state index contributed by atoms with van der Waals surface area (Å²) >= 11 is 3.38. The monoisotopic (exact) mass is 453 g/mol. The minimum atomic E-state index is -4.75. The lowest BCUT2D eigenvalue weighted by atomic mass is 9.82. The molecule has 0 saturated heterocycles. The predicted octanol–water partition coefficient (Wildman–Crippen LogP) is 3.39. The van der Waals surface area contributed by atoms with E-state index in [1.165, 1.54) is 6.07 Å². The number of hydrogen-bond donors (Lipinski definition) is 3. The summed E-state index contributed by atoms with van der Waals surface area (Å²) < 4.78 is 32.6. The van der Waals surface area contributed by atoms with E-state index < -0.39 is 37.9 Å². The van der Waals surface area contributed by atoms with Gasteiger partial charge in [-0.05, 0) is 46.6 Å². The van der Waals surface area contributed by atoms with E-state index in [-0.39, 0.29) is 16.7 Å². The van der Waals surface area contributed by atoms with E-state index in [0.717, 1.165) is 25.0 Å². The maximum absolute atomic E-state index is 13.0. The Bertz CT molecular complexity index is 1080. The number of unbranched alkanes of at least 4 members (excludes halogenated alkanes) is 1. The van der Waals surface area contributed by atoms with Gasteiger partial charge in [0, 0.05) is 22.1 Å². The number of phenols is 1. The van der Waals surface area contributed by atoms with Crippen LogP contribution in [0.2, 0.25) is 0 Å². The average molecular weight is 454 g/mol. The molecule has 3 rings (SSSR count). The molecule has 7 nitrogen and oxygen atoms in total. The molecule has 142 valence electrons. The van der Waals surface area contributed by atoms with Gasteiger partial charge in [-0.2, -0.15) is 8.42 Å². The molecule has 0 bridgehead atoms. The number of rotatable bonds is 5. The first kappa shape index (κ1) is 19.5. The molecule has 2 aromatic carbocycles. The van der Waals surface area contributed by atoms with Gasteiger partial charge in [0.15, 0.2) is 11.6 Å². The normalized spacial score (nSPS) is 13.3. The quantitative estimate of drug-likeness (QED) is 0.399. The molecule has 1 aliphatic rings. The minimum Gasteiger partial charge on any atom is -0.506 e. The second-order valence-electron chi connectivity index (χ2n) is 6.09. The number of carbonyl (C=O) groups excluding carboxylic acids is 2. The molecule has 0 atom stereocenters. The molecule has 0 fully saturated rings. The Balaban J connectivity index is 2.22. The number of carbonyl (C=O) groups is 2. The van der Waals surface area contributed by atoms with Gasteiger partial charge in [-0.15, -0.1) is 0 Å². The topological polar surface area (TPSA) is 121 Å². The zero-order valence-corrected chi connectivity index (χ0v) is 16.6. The van der Waals surface area contributed by atoms with Crippen molar-refractivity contribution in [3.05, 3.63) is 51.0 Å². The second-order valence-corrected chi connectivity index (χ2v) is 8.34. The summed E-state index contributed by atoms with van der Waals surface area (Å²) in [6.07, 6.45) is 1.81. The molecule has 1 aliphatic carbocycles. The van der Waals surface area contributed by atoms with Gasteiger partial charge in [-0.25, -0.2) is 0 Å². The maximum Gasteiger partial charge on any atom is 0.298 e. The fourth-order valence-electron chi connectivity index (χ4n) is 3.03. The van der Waals surface area contributed by atoms with Crippen LogP contribution >= 0.6 is 15.9 Å². The number of nitrogens with one attached hydrogen (secondary N) is 1. The van der Waals surface area contributed by atoms with Crippen LogP contribution in [-0.2, 0) is 10.1 Å². The molecule has 27 heavy (non-hydrogen) atoms. The van der Waals surface area contributed by atoms with Crippen molar-refractivity contribution in [1.29, 1.82) is 0 Å². The Kier molecular flexibility index (Phi) is 5.11. The van der Waals surface area contributed by atoms with Crippen LogP contribution in [0, 0.1) is 0 Å². The van der Waals surface area contributed by atoms with Crippen LogP contribution in [0.25, 0.3) is 0 Å². The summed E-state index contributed by atoms with van der Waals surface area (Å²) in [5.74, 6) is -2.13. The highest BCUT2D eigenvalue weighted by atomic mass is 79.9. The Morgan fingerprint density at radius 2 is 1.63 bits per heavy atom. The highest BCUT2D eigenvalue weighted by molar-refractivity contribution is 9.10. The molecule has 3 N–H and O–H groups in total. The lowest BCUT2D eigenvalue weighted by Crippen LogP contribution is -2.24. The second kappa shape index (κ2) is 7.06. The summed E-state index contributed by atoms with van der Waals surface area (Å²) in [6.45, 7) is 2.63. The van der Waals surface area contributed by atoms with Crippen molar-refractivity contribution in [1.82, 2.24) is 0 Å². The third kappa shape index (κ3) is 3.26. The molecule has 0 amide bonds. The number of halogens is 1. The van der Waals surface area contributed by atoms with Crippen molar-refractivity contribution in [2.75, 3.05) is 11.9 Å². The Hall–Kier alpha value is -2.23. The third-order valence-corrected chi connectivity index (χ3v) is 5.89. The van der Waals surface area contributed by atoms with Gasteiger partial charge in [0.1, 0.15) is 10.6 Å². The first-order chi connectivity index (χ1) is 12.7. The van der Waals surface area contributed by atoms with Gasteiger partial charge < -0.3 is 10.4 Å². The van der Waals surface area contributed by atoms with E-state index >= 15 is 0 Å². The SMILES string of the molecule is CCCCNc1c(Br)ccc2c1C(=O)c1ccc(S(=O)(=O)O)c(O)c1C2=O. The van der Waals surface area contributed by atoms with Crippen molar-refractivity contribution in [2.45, 2.75) is 24.7 Å². The molecular formula is C18H16BrNO6S. The van der Waals surface area contributed by atoms with Gasteiger partial charge in [0.2, 0.25) is 0 Å². The Labute approximate surface area is 164 Å². The van der Waals surface area contributed by atoms with Crippen LogP contribution in [0.1, 0.15) is 51.6 Å². The predicted molar refractivity (Wildman–Crippen MR) is 102 cm³/mol. The molecular weight excluding hydrogens is 438 g/mol. The standard InChI is InChI=1S/C18H16BrNO6S/c1-2-3-8-20-15-11(19)6-4-9-13(15)16(21)10-5-7-12(27(24,25)26)18(23)14(10)17(9)22/h4-7,20,23H,2-3,8H2,1H3,(H,24,25,26). The fraction of sp³-hybridized carbons (Fsp3) is 0.222. The van der Waals surface area contributed by atoms with Gasteiger partial charge in [-0.3, -0.25) is 14.1 Å². The van der Waals surface area contributed by atoms with Crippen LogP contribution in [0.15, 0.2) is 33.6 Å². The molecule has 9 heteroatoms. The van der Waals surface area contributed by atoms with Crippen molar-refractivity contribution in [3.8, 4) is 5.75 Å². The Morgan fingerprint density at radius 1 is 1.04 bits per heavy atom. The first-order valence-corrected chi connectivity index (χ1v) is 10.4. The molecule has 0 spiro atoms. The highest BCUT2D eigenvalue weighted by Crippen LogP contribution is 2.40. The zero-order chi connectivity index (χ0) is 19.9. The molecule has 0 heterocycles. The summed E-state index contributed by atoms with van der Waals surface area (Å²) in [4.78, 5) is 25.1. The van der Waals surface area contributed by atoms with E-state index in [1.54, 1.807) is 6.07 Å². The molecule has 0 aromatic heterocycles. The van der Waals surface area contributed by atoms with E-state index in [0.29, 0.717) is 16.7 Å². The van der Waals surface area contributed by atoms with Gasteiger partial charge in [0.05, 0.1) is 16.8 Å². The molecule has 0 radical (unpaired) electrons. The van der Waals surface area contributed by atoms with Crippen LogP contribution in [0.5, 0.6) is 5.75 Å². The Morgan fingerprint density at radius 3 is 2.26 bits per heavy atom. The van der Waals surface area contributed by atoms with Gasteiger partial charge in [-0.1, -0.05) is 13.3 Å². The van der Waals surface area contributed by atoms with Crippen molar-refractivity contribution < 1.29 is 27.7 Å². The molecule has 0 saturated carbocycles. The van der Waals surface area contributed by atoms with E-state index in [2.05, 4.69) is 21.2 Å². The number of anilines is 1. The molecule has 0 unspecified atom stereocenters. The third-order valence-electron chi connectivity index (χ3n) is 4.35. The average Bonchev–Trinajstić information content (AvgIpc) is 2.59. The van der Waals surface area contributed by atoms with Gasteiger partial charge >= 0.3 is 0 Å². The van der Waals surface area contributed by atoms with Gasteiger partial charge in [0.25, 0.3) is 10.1 Å². The van der Waals surface area contributed by atoms with E-state index in [1.807, 2.05) is 6.92 Å². The number of ketones is 2. The number of hydrogen-bond acceptors (Lipinski definition) is 6. The van der Waals surface area contributed by atoms with Crippen molar-refractivity contribution >= 4 is 43.3 Å². The number of aromatic hydroxyl groups is 1. The van der Waals surface area contributed by atoms with Crippen LogP contribution in [0.3, 0.4) is 0 Å². The zero-order valence-electron chi connectivity index (χ0n) is 14.2. The summed E-state index contributed by atoms with van der Waals surface area (Å²) in [5, 5.41) is 13.4. The minimum absolute atomic E-state index is 0.0532. The smallest absolute Gasteiger partial charge is 0.298 e. The number of phenolic OH excluding ortho intramolecular Hbond substituents is 1. The molecule has 0 aliphatic heterocycles. The summed E-state index contributed by atoms with van der Waals surface area (Å²) in [7, 11) is -4.75. The number of fused-ring (bicyclic) bond motifs is 2. The van der Waals surface area contributed by atoms with Crippen molar-refractivity contribution in [3.63, 3.8) is 0 Å². The largest absolute Gasteiger partial charge is 0.506 e. The van der Waals surface area contributed by atoms with Crippen molar-refractivity contribution in [2.24, 2.45) is 0 Å². The lowest BCUT2D eigenvalue weighted by Gasteiger charge is -2.23. The first-order valence-electron chi connectivity index (χ1n) is 8.17. The maximum atomic E-state index is 13.0. The number of benzene rings is 2. The van der Waals surface area contributed by atoms with Crippen LogP contribution in [0.4, 0.5) is 5.69 Å². The fourth-order valence-corrected chi connectivity index (χ4v) is 4.09. The molecule has 2 aromatic rings. The summed E-state index contributed by atoms with van der Waals surface area (Å²) in [5.41, 5.74) is 0.149. The van der Waals surface area contributed by atoms with E-state index in [4.69, 9.17) is 0 Å². The highest BCUT2D eigenvalue weighted by Gasteiger charge is 2.36. The van der Waals surface area contributed by atoms with Crippen LogP contribution in [-0.4, -0.2) is 36.2 Å². The lowest BCUT2D eigenvalue weighted by molar-refractivity contribution is 0.0976.